The monoisotopic (exact) mass is 761 g/mol. The number of piperidine rings is 1. The normalized spacial score (nSPS) is 18.1. The minimum Gasteiger partial charge on any atom is -0.326 e. The van der Waals surface area contributed by atoms with Crippen molar-refractivity contribution in [3.63, 3.8) is 0 Å². The number of H-pyrrole nitrogens is 1. The largest absolute Gasteiger partial charge is 0.326 e. The van der Waals surface area contributed by atoms with E-state index in [1.165, 1.54) is 12.1 Å². The fourth-order valence-corrected chi connectivity index (χ4v) is 7.82. The van der Waals surface area contributed by atoms with Gasteiger partial charge in [-0.25, -0.2) is 0 Å². The van der Waals surface area contributed by atoms with Crippen LogP contribution in [0.3, 0.4) is 0 Å². The van der Waals surface area contributed by atoms with Crippen molar-refractivity contribution < 1.29 is 28.8 Å². The molecule has 4 aromatic rings. The number of hydrogen-bond donors (Lipinski definition) is 4. The van der Waals surface area contributed by atoms with E-state index >= 15 is 0 Å². The van der Waals surface area contributed by atoms with Gasteiger partial charge < -0.3 is 15.5 Å². The van der Waals surface area contributed by atoms with E-state index in [9.17, 15) is 28.8 Å². The van der Waals surface area contributed by atoms with Crippen LogP contribution in [0.25, 0.3) is 0 Å². The molecule has 15 heteroatoms. The molecule has 0 saturated carbocycles. The first-order valence-corrected chi connectivity index (χ1v) is 19.2. The molecule has 4 heterocycles. The van der Waals surface area contributed by atoms with Gasteiger partial charge in [-0.15, -0.1) is 0 Å². The Kier molecular flexibility index (Phi) is 11.0. The van der Waals surface area contributed by atoms with E-state index in [1.54, 1.807) is 12.3 Å². The van der Waals surface area contributed by atoms with Crippen LogP contribution in [0.2, 0.25) is 0 Å². The molecule has 0 spiro atoms. The van der Waals surface area contributed by atoms with Crippen LogP contribution in [0.4, 0.5) is 11.4 Å². The fourth-order valence-electron chi connectivity index (χ4n) is 7.82. The molecule has 7 rings (SSSR count). The van der Waals surface area contributed by atoms with Gasteiger partial charge in [0.15, 0.2) is 5.69 Å². The van der Waals surface area contributed by atoms with Crippen LogP contribution in [0.15, 0.2) is 60.9 Å². The van der Waals surface area contributed by atoms with Crippen molar-refractivity contribution >= 4 is 46.8 Å². The lowest BCUT2D eigenvalue weighted by Gasteiger charge is -2.28. The Morgan fingerprint density at radius 2 is 1.75 bits per heavy atom. The molecular formula is C41H47N9O6. The van der Waals surface area contributed by atoms with Crippen LogP contribution >= 0.6 is 0 Å². The molecule has 0 radical (unpaired) electrons. The summed E-state index contributed by atoms with van der Waals surface area (Å²) in [4.78, 5) is 79.2. The van der Waals surface area contributed by atoms with Crippen LogP contribution in [-0.4, -0.2) is 91.4 Å². The van der Waals surface area contributed by atoms with Gasteiger partial charge in [0.05, 0.1) is 29.1 Å². The highest BCUT2D eigenvalue weighted by molar-refractivity contribution is 6.24. The van der Waals surface area contributed by atoms with Crippen molar-refractivity contribution in [2.75, 3.05) is 30.8 Å². The zero-order valence-electron chi connectivity index (χ0n) is 31.9. The van der Waals surface area contributed by atoms with Crippen molar-refractivity contribution in [2.24, 2.45) is 5.41 Å². The first kappa shape index (κ1) is 38.3. The first-order valence-electron chi connectivity index (χ1n) is 19.2. The minimum atomic E-state index is -1.05. The number of carbonyl (C=O) groups is 6. The number of rotatable bonds is 14. The number of amides is 6. The Bertz CT molecular complexity index is 2170. The van der Waals surface area contributed by atoms with Gasteiger partial charge in [-0.05, 0) is 87.7 Å². The van der Waals surface area contributed by atoms with E-state index in [0.29, 0.717) is 23.5 Å². The highest BCUT2D eigenvalue weighted by atomic mass is 16.2. The lowest BCUT2D eigenvalue weighted by molar-refractivity contribution is -0.136. The van der Waals surface area contributed by atoms with Crippen LogP contribution < -0.4 is 16.0 Å². The average Bonchev–Trinajstić information content (AvgIpc) is 3.86. The molecule has 4 N–H and O–H groups in total. The third-order valence-electron chi connectivity index (χ3n) is 10.9. The second kappa shape index (κ2) is 16.0. The molecule has 1 saturated heterocycles. The first-order chi connectivity index (χ1) is 26.9. The number of fused-ring (bicyclic) bond motifs is 2. The van der Waals surface area contributed by atoms with Gasteiger partial charge in [0.25, 0.3) is 17.7 Å². The Morgan fingerprint density at radius 3 is 2.54 bits per heavy atom. The Hall–Kier alpha value is -5.96. The number of anilines is 2. The topological polar surface area (TPSA) is 191 Å². The standard InChI is InChI=1S/C41H47N9O6/c1-41(2)18-16-29-31(22-41)46-47-36(29)38(54)44-27-23-42-49(24-27)32(25-9-5-4-6-10-25)17-20-48(3)19-8-7-11-34(51)43-26-12-13-28-30(21-26)40(56)50(39(28)55)33-14-15-35(52)45-37(33)53/h4-6,9-10,12-13,21,23-24,32-33H,7-8,11,14-20,22H2,1-3H3,(H,43,51)(H,44,54)(H,46,47)(H,45,52,53). The lowest BCUT2D eigenvalue weighted by atomic mass is 9.76. The van der Waals surface area contributed by atoms with Crippen molar-refractivity contribution in [3.05, 3.63) is 94.6 Å². The number of aromatic amines is 1. The van der Waals surface area contributed by atoms with Gasteiger partial charge in [0.1, 0.15) is 6.04 Å². The number of imide groups is 2. The third-order valence-corrected chi connectivity index (χ3v) is 10.9. The second-order valence-corrected chi connectivity index (χ2v) is 15.8. The number of benzene rings is 2. The fraction of sp³-hybridized carbons (Fsp3) is 0.415. The zero-order valence-corrected chi connectivity index (χ0v) is 31.9. The average molecular weight is 762 g/mol. The zero-order chi connectivity index (χ0) is 39.6. The molecule has 2 aliphatic heterocycles. The second-order valence-electron chi connectivity index (χ2n) is 15.8. The maximum absolute atomic E-state index is 13.3. The predicted octanol–water partition coefficient (Wildman–Crippen LogP) is 4.49. The SMILES string of the molecule is CN(CCCCC(=O)Nc1ccc2c(c1)C(=O)N(C1CCC(=O)NC1=O)C2=O)CCC(c1ccccc1)n1cc(NC(=O)c2n[nH]c3c2CCC(C)(C)C3)cn1. The van der Waals surface area contributed by atoms with E-state index < -0.39 is 29.7 Å². The smallest absolute Gasteiger partial charge is 0.276 e. The lowest BCUT2D eigenvalue weighted by Crippen LogP contribution is -2.54. The maximum Gasteiger partial charge on any atom is 0.276 e. The molecule has 2 atom stereocenters. The third kappa shape index (κ3) is 8.32. The number of nitrogens with one attached hydrogen (secondary N) is 4. The van der Waals surface area contributed by atoms with Gasteiger partial charge in [0.2, 0.25) is 17.7 Å². The molecule has 292 valence electrons. The van der Waals surface area contributed by atoms with Crippen LogP contribution in [0, 0.1) is 5.41 Å². The van der Waals surface area contributed by atoms with Crippen LogP contribution in [0.1, 0.15) is 113 Å². The van der Waals surface area contributed by atoms with Gasteiger partial charge >= 0.3 is 0 Å². The highest BCUT2D eigenvalue weighted by Crippen LogP contribution is 2.35. The van der Waals surface area contributed by atoms with Gasteiger partial charge in [0, 0.05) is 42.5 Å². The van der Waals surface area contributed by atoms with E-state index in [4.69, 9.17) is 0 Å². The molecule has 0 bridgehead atoms. The molecule has 2 aromatic carbocycles. The number of hydrogen-bond acceptors (Lipinski definition) is 9. The molecule has 3 aliphatic rings. The number of carbonyl (C=O) groups excluding carboxylic acids is 6. The highest BCUT2D eigenvalue weighted by Gasteiger charge is 2.44. The maximum atomic E-state index is 13.3. The van der Waals surface area contributed by atoms with Gasteiger partial charge in [-0.2, -0.15) is 10.2 Å². The van der Waals surface area contributed by atoms with Crippen molar-refractivity contribution in [1.82, 2.24) is 35.1 Å². The molecular weight excluding hydrogens is 715 g/mol. The number of aromatic nitrogens is 4. The van der Waals surface area contributed by atoms with E-state index in [2.05, 4.69) is 62.1 Å². The van der Waals surface area contributed by atoms with Crippen LogP contribution in [-0.2, 0) is 27.2 Å². The molecule has 2 aromatic heterocycles. The summed E-state index contributed by atoms with van der Waals surface area (Å²) in [7, 11) is 2.05. The molecule has 6 amide bonds. The Morgan fingerprint density at radius 1 is 0.964 bits per heavy atom. The summed E-state index contributed by atoms with van der Waals surface area (Å²) in [6.07, 6.45) is 8.78. The quantitative estimate of drug-likeness (QED) is 0.106. The minimum absolute atomic E-state index is 0.0392. The van der Waals surface area contributed by atoms with E-state index in [1.807, 2.05) is 36.1 Å². The van der Waals surface area contributed by atoms with Crippen molar-refractivity contribution in [3.8, 4) is 0 Å². The van der Waals surface area contributed by atoms with Crippen molar-refractivity contribution in [1.29, 1.82) is 0 Å². The van der Waals surface area contributed by atoms with Crippen LogP contribution in [0.5, 0.6) is 0 Å². The summed E-state index contributed by atoms with van der Waals surface area (Å²) >= 11 is 0. The molecule has 15 nitrogen and oxygen atoms in total. The predicted molar refractivity (Wildman–Crippen MR) is 207 cm³/mol. The summed E-state index contributed by atoms with van der Waals surface area (Å²) in [6.45, 7) is 5.99. The van der Waals surface area contributed by atoms with Crippen molar-refractivity contribution in [2.45, 2.75) is 83.7 Å². The summed E-state index contributed by atoms with van der Waals surface area (Å²) in [5.41, 5.74) is 5.01. The Balaban J connectivity index is 0.882. The van der Waals surface area contributed by atoms with Gasteiger partial charge in [-0.3, -0.25) is 48.8 Å². The summed E-state index contributed by atoms with van der Waals surface area (Å²) < 4.78 is 1.89. The van der Waals surface area contributed by atoms with E-state index in [0.717, 1.165) is 66.9 Å². The number of nitrogens with zero attached hydrogens (tertiary/aromatic N) is 5. The summed E-state index contributed by atoms with van der Waals surface area (Å²) in [5.74, 6) is -2.79. The van der Waals surface area contributed by atoms with Gasteiger partial charge in [-0.1, -0.05) is 44.2 Å². The van der Waals surface area contributed by atoms with E-state index in [-0.39, 0.29) is 53.7 Å². The Labute approximate surface area is 324 Å². The number of unbranched alkanes of at least 4 members (excludes halogenated alkanes) is 1. The molecule has 2 unspecified atom stereocenters. The summed E-state index contributed by atoms with van der Waals surface area (Å²) in [5, 5.41) is 20.1. The molecule has 1 aliphatic carbocycles. The summed E-state index contributed by atoms with van der Waals surface area (Å²) in [6, 6.07) is 13.5. The molecule has 56 heavy (non-hydrogen) atoms. The molecule has 1 fully saturated rings.